The smallest absolute Gasteiger partial charge is 0.329 e. The fourth-order valence-electron chi connectivity index (χ4n) is 3.91. The topological polar surface area (TPSA) is 113 Å². The van der Waals surface area contributed by atoms with Crippen LogP contribution in [0.1, 0.15) is 21.6 Å². The molecular weight excluding hydrogens is 408 g/mol. The van der Waals surface area contributed by atoms with Gasteiger partial charge in [-0.05, 0) is 35.7 Å². The van der Waals surface area contributed by atoms with E-state index in [1.807, 2.05) is 12.1 Å². The quantitative estimate of drug-likeness (QED) is 0.515. The molecule has 0 aliphatic carbocycles. The number of amides is 1. The lowest BCUT2D eigenvalue weighted by molar-refractivity contribution is 0.102. The molecule has 9 heteroatoms. The van der Waals surface area contributed by atoms with Gasteiger partial charge in [-0.25, -0.2) is 14.8 Å². The summed E-state index contributed by atoms with van der Waals surface area (Å²) >= 11 is 0. The normalized spacial score (nSPS) is 13.1. The lowest BCUT2D eigenvalue weighted by atomic mass is 10.00. The van der Waals surface area contributed by atoms with Crippen molar-refractivity contribution in [2.24, 2.45) is 7.05 Å². The Hall–Kier alpha value is -4.27. The van der Waals surface area contributed by atoms with Crippen LogP contribution >= 0.6 is 0 Å². The number of aromatic nitrogens is 4. The minimum atomic E-state index is -0.588. The summed E-state index contributed by atoms with van der Waals surface area (Å²) in [6, 6.07) is 14.8. The summed E-state index contributed by atoms with van der Waals surface area (Å²) in [4.78, 5) is 49.7. The van der Waals surface area contributed by atoms with Crippen LogP contribution in [0.2, 0.25) is 0 Å². The number of aryl methyl sites for hydroxylation is 1. The van der Waals surface area contributed by atoms with Crippen LogP contribution in [0.25, 0.3) is 11.0 Å². The Morgan fingerprint density at radius 2 is 1.91 bits per heavy atom. The van der Waals surface area contributed by atoms with E-state index in [0.717, 1.165) is 25.3 Å². The van der Waals surface area contributed by atoms with Crippen LogP contribution in [0.5, 0.6) is 0 Å². The largest absolute Gasteiger partial charge is 0.352 e. The van der Waals surface area contributed by atoms with Crippen molar-refractivity contribution in [1.29, 1.82) is 0 Å². The van der Waals surface area contributed by atoms with Crippen molar-refractivity contribution in [2.75, 3.05) is 16.8 Å². The summed E-state index contributed by atoms with van der Waals surface area (Å²) in [6.45, 7) is 1.60. The number of H-pyrrole nitrogens is 1. The van der Waals surface area contributed by atoms with Crippen LogP contribution in [0.3, 0.4) is 0 Å². The summed E-state index contributed by atoms with van der Waals surface area (Å²) in [5.41, 5.74) is 2.33. The van der Waals surface area contributed by atoms with Crippen LogP contribution < -0.4 is 21.5 Å². The highest BCUT2D eigenvalue weighted by Crippen LogP contribution is 2.24. The first-order valence-electron chi connectivity index (χ1n) is 10.2. The van der Waals surface area contributed by atoms with Crippen LogP contribution in [0.15, 0.2) is 64.3 Å². The lowest BCUT2D eigenvalue weighted by Gasteiger charge is -2.30. The monoisotopic (exact) mass is 428 g/mol. The zero-order valence-corrected chi connectivity index (χ0v) is 17.3. The zero-order chi connectivity index (χ0) is 22.2. The van der Waals surface area contributed by atoms with Crippen molar-refractivity contribution in [1.82, 2.24) is 19.5 Å². The highest BCUT2D eigenvalue weighted by molar-refractivity contribution is 6.04. The molecule has 5 rings (SSSR count). The Bertz CT molecular complexity index is 1470. The number of fused-ring (bicyclic) bond motifs is 2. The molecule has 32 heavy (non-hydrogen) atoms. The van der Waals surface area contributed by atoms with Gasteiger partial charge in [0.05, 0.1) is 5.39 Å². The number of hydrogen-bond acceptors (Lipinski definition) is 6. The molecule has 3 aromatic heterocycles. The van der Waals surface area contributed by atoms with Crippen LogP contribution in [-0.4, -0.2) is 32.0 Å². The van der Waals surface area contributed by atoms with Crippen molar-refractivity contribution in [3.63, 3.8) is 0 Å². The minimum absolute atomic E-state index is 0.100. The predicted octanol–water partition coefficient (Wildman–Crippen LogP) is 1.83. The number of hydrogen-bond donors (Lipinski definition) is 2. The average molecular weight is 428 g/mol. The molecule has 1 amide bonds. The Kier molecular flexibility index (Phi) is 4.78. The van der Waals surface area contributed by atoms with E-state index in [0.29, 0.717) is 5.69 Å². The molecular formula is C23H20N6O3. The molecule has 2 N–H and O–H groups in total. The average Bonchev–Trinajstić information content (AvgIpc) is 2.82. The number of anilines is 2. The first-order valence-corrected chi connectivity index (χ1v) is 10.2. The number of carbonyl (C=O) groups is 1. The van der Waals surface area contributed by atoms with Crippen LogP contribution in [-0.2, 0) is 20.0 Å². The van der Waals surface area contributed by atoms with E-state index in [1.165, 1.54) is 34.9 Å². The molecule has 1 aromatic carbocycles. The van der Waals surface area contributed by atoms with Gasteiger partial charge in [-0.1, -0.05) is 24.3 Å². The molecule has 0 saturated heterocycles. The van der Waals surface area contributed by atoms with E-state index in [-0.39, 0.29) is 16.7 Å². The number of nitrogens with one attached hydrogen (secondary N) is 2. The third kappa shape index (κ3) is 3.53. The fraction of sp³-hybridized carbons (Fsp3) is 0.174. The van der Waals surface area contributed by atoms with E-state index in [1.54, 1.807) is 12.3 Å². The second-order valence-electron chi connectivity index (χ2n) is 7.68. The Morgan fingerprint density at radius 3 is 2.75 bits per heavy atom. The second-order valence-corrected chi connectivity index (χ2v) is 7.68. The summed E-state index contributed by atoms with van der Waals surface area (Å²) in [5, 5.41) is 3.07. The Morgan fingerprint density at radius 1 is 1.09 bits per heavy atom. The molecule has 1 aliphatic heterocycles. The summed E-state index contributed by atoms with van der Waals surface area (Å²) in [5.74, 6) is 0.332. The number of carbonyl (C=O) groups excluding carboxylic acids is 1. The molecule has 4 aromatic rings. The van der Waals surface area contributed by atoms with Crippen molar-refractivity contribution in [3.8, 4) is 0 Å². The highest BCUT2D eigenvalue weighted by Gasteiger charge is 2.18. The van der Waals surface area contributed by atoms with E-state index in [9.17, 15) is 14.4 Å². The molecule has 0 unspecified atom stereocenters. The van der Waals surface area contributed by atoms with Crippen molar-refractivity contribution < 1.29 is 4.79 Å². The third-order valence-corrected chi connectivity index (χ3v) is 5.65. The van der Waals surface area contributed by atoms with Crippen molar-refractivity contribution >= 4 is 28.4 Å². The minimum Gasteiger partial charge on any atom is -0.352 e. The summed E-state index contributed by atoms with van der Waals surface area (Å²) < 4.78 is 1.20. The number of benzene rings is 1. The van der Waals surface area contributed by atoms with Crippen LogP contribution in [0.4, 0.5) is 11.5 Å². The van der Waals surface area contributed by atoms with Gasteiger partial charge >= 0.3 is 5.69 Å². The third-order valence-electron chi connectivity index (χ3n) is 5.65. The molecule has 9 nitrogen and oxygen atoms in total. The standard InChI is InChI=1S/C23H20N6O3/c1-28-20-17(21(30)27-23(28)32)6-7-18(26-20)22(31)25-16-8-10-24-19(12-16)29-11-9-14-4-2-3-5-15(14)13-29/h2-8,10,12H,9,11,13H2,1H3,(H,24,25,31)(H,27,30,32). The molecule has 0 bridgehead atoms. The lowest BCUT2D eigenvalue weighted by Crippen LogP contribution is -2.31. The maximum Gasteiger partial charge on any atom is 0.329 e. The maximum atomic E-state index is 12.8. The first-order chi connectivity index (χ1) is 15.5. The van der Waals surface area contributed by atoms with Gasteiger partial charge in [0, 0.05) is 38.1 Å². The second kappa shape index (κ2) is 7.77. The molecule has 0 fully saturated rings. The molecule has 0 saturated carbocycles. The zero-order valence-electron chi connectivity index (χ0n) is 17.3. The number of rotatable bonds is 3. The molecule has 0 radical (unpaired) electrons. The predicted molar refractivity (Wildman–Crippen MR) is 121 cm³/mol. The van der Waals surface area contributed by atoms with E-state index >= 15 is 0 Å². The fourth-order valence-corrected chi connectivity index (χ4v) is 3.91. The van der Waals surface area contributed by atoms with Gasteiger partial charge in [0.2, 0.25) is 0 Å². The van der Waals surface area contributed by atoms with Crippen molar-refractivity contribution in [3.05, 3.63) is 92.4 Å². The van der Waals surface area contributed by atoms with E-state index < -0.39 is 17.2 Å². The van der Waals surface area contributed by atoms with Gasteiger partial charge in [-0.2, -0.15) is 0 Å². The van der Waals surface area contributed by atoms with Gasteiger partial charge in [0.1, 0.15) is 17.2 Å². The molecule has 0 atom stereocenters. The number of nitrogens with zero attached hydrogens (tertiary/aromatic N) is 4. The van der Waals surface area contributed by atoms with Gasteiger partial charge < -0.3 is 10.2 Å². The molecule has 4 heterocycles. The number of pyridine rings is 2. The van der Waals surface area contributed by atoms with Crippen LogP contribution in [0, 0.1) is 0 Å². The van der Waals surface area contributed by atoms with Gasteiger partial charge in [-0.15, -0.1) is 0 Å². The molecule has 0 spiro atoms. The SMILES string of the molecule is Cn1c(=O)[nH]c(=O)c2ccc(C(=O)Nc3ccnc(N4CCc5ccccc5C4)c3)nc21. The van der Waals surface area contributed by atoms with E-state index in [4.69, 9.17) is 0 Å². The Balaban J connectivity index is 1.39. The number of aromatic amines is 1. The maximum absolute atomic E-state index is 12.8. The van der Waals surface area contributed by atoms with Crippen molar-refractivity contribution in [2.45, 2.75) is 13.0 Å². The highest BCUT2D eigenvalue weighted by atomic mass is 16.2. The first kappa shape index (κ1) is 19.7. The molecule has 160 valence electrons. The summed E-state index contributed by atoms with van der Waals surface area (Å²) in [6.07, 6.45) is 2.59. The summed E-state index contributed by atoms with van der Waals surface area (Å²) in [7, 11) is 1.49. The van der Waals surface area contributed by atoms with E-state index in [2.05, 4.69) is 43.4 Å². The van der Waals surface area contributed by atoms with Gasteiger partial charge in [0.15, 0.2) is 0 Å². The Labute approximate surface area is 182 Å². The molecule has 1 aliphatic rings. The van der Waals surface area contributed by atoms with Gasteiger partial charge in [-0.3, -0.25) is 19.1 Å². The van der Waals surface area contributed by atoms with Gasteiger partial charge in [0.25, 0.3) is 11.5 Å².